The van der Waals surface area contributed by atoms with Crippen LogP contribution in [0.2, 0.25) is 5.02 Å². The van der Waals surface area contributed by atoms with Crippen molar-refractivity contribution in [1.82, 2.24) is 15.1 Å². The van der Waals surface area contributed by atoms with Gasteiger partial charge in [-0.25, -0.2) is 0 Å². The third-order valence-corrected chi connectivity index (χ3v) is 5.96. The molecule has 2 aromatic rings. The standard InChI is InChI=1S/C18H21BrClN3O/c1-11-17(19)12(2)23(22-11)9-3-8-21-18(24)16-10-15(16)13-4-6-14(20)7-5-13/h4-7,15-16H,3,8-10H2,1-2H3,(H,21,24). The Labute approximate surface area is 155 Å². The van der Waals surface area contributed by atoms with Crippen molar-refractivity contribution < 1.29 is 4.79 Å². The summed E-state index contributed by atoms with van der Waals surface area (Å²) < 4.78 is 3.05. The largest absolute Gasteiger partial charge is 0.356 e. The van der Waals surface area contributed by atoms with Crippen LogP contribution in [0.3, 0.4) is 0 Å². The maximum Gasteiger partial charge on any atom is 0.223 e. The zero-order chi connectivity index (χ0) is 17.3. The van der Waals surface area contributed by atoms with Crippen molar-refractivity contribution >= 4 is 33.4 Å². The molecule has 1 saturated carbocycles. The highest BCUT2D eigenvalue weighted by atomic mass is 79.9. The van der Waals surface area contributed by atoms with Crippen LogP contribution in [0.1, 0.15) is 35.7 Å². The Morgan fingerprint density at radius 1 is 1.38 bits per heavy atom. The van der Waals surface area contributed by atoms with Crippen molar-refractivity contribution in [3.05, 3.63) is 50.7 Å². The monoisotopic (exact) mass is 409 g/mol. The molecule has 6 heteroatoms. The van der Waals surface area contributed by atoms with Gasteiger partial charge >= 0.3 is 0 Å². The Morgan fingerprint density at radius 2 is 2.08 bits per heavy atom. The number of aromatic nitrogens is 2. The topological polar surface area (TPSA) is 46.9 Å². The van der Waals surface area contributed by atoms with E-state index in [0.717, 1.165) is 40.3 Å². The quantitative estimate of drug-likeness (QED) is 0.725. The number of nitrogens with zero attached hydrogens (tertiary/aromatic N) is 2. The van der Waals surface area contributed by atoms with E-state index in [-0.39, 0.29) is 11.8 Å². The van der Waals surface area contributed by atoms with Crippen molar-refractivity contribution in [1.29, 1.82) is 0 Å². The van der Waals surface area contributed by atoms with E-state index in [0.29, 0.717) is 12.5 Å². The molecule has 3 rings (SSSR count). The van der Waals surface area contributed by atoms with Crippen molar-refractivity contribution in [3.63, 3.8) is 0 Å². The molecule has 2 atom stereocenters. The molecule has 1 aliphatic rings. The predicted octanol–water partition coefficient (Wildman–Crippen LogP) is 4.23. The van der Waals surface area contributed by atoms with E-state index in [4.69, 9.17) is 11.6 Å². The van der Waals surface area contributed by atoms with Gasteiger partial charge < -0.3 is 5.32 Å². The van der Waals surface area contributed by atoms with Crippen LogP contribution in [-0.4, -0.2) is 22.2 Å². The molecular weight excluding hydrogens is 390 g/mol. The molecule has 1 aliphatic carbocycles. The molecule has 0 bridgehead atoms. The normalized spacial score (nSPS) is 19.3. The van der Waals surface area contributed by atoms with E-state index in [9.17, 15) is 4.79 Å². The molecule has 0 saturated heterocycles. The van der Waals surface area contributed by atoms with E-state index >= 15 is 0 Å². The number of halogens is 2. The zero-order valence-corrected chi connectivity index (χ0v) is 16.2. The van der Waals surface area contributed by atoms with Gasteiger partial charge in [-0.2, -0.15) is 5.10 Å². The molecule has 0 radical (unpaired) electrons. The number of carbonyl (C=O) groups is 1. The molecule has 128 valence electrons. The molecule has 0 aliphatic heterocycles. The molecule has 1 amide bonds. The SMILES string of the molecule is Cc1nn(CCCNC(=O)C2CC2c2ccc(Cl)cc2)c(C)c1Br. The molecule has 24 heavy (non-hydrogen) atoms. The van der Waals surface area contributed by atoms with Crippen LogP contribution in [-0.2, 0) is 11.3 Å². The molecule has 1 heterocycles. The van der Waals surface area contributed by atoms with Crippen molar-refractivity contribution in [2.45, 2.75) is 39.2 Å². The summed E-state index contributed by atoms with van der Waals surface area (Å²) in [6.07, 6.45) is 1.80. The first-order valence-corrected chi connectivity index (χ1v) is 9.37. The lowest BCUT2D eigenvalue weighted by molar-refractivity contribution is -0.122. The fourth-order valence-corrected chi connectivity index (χ4v) is 3.44. The highest BCUT2D eigenvalue weighted by Gasteiger charge is 2.43. The second-order valence-electron chi connectivity index (χ2n) is 6.35. The molecule has 1 aromatic carbocycles. The average molecular weight is 411 g/mol. The fraction of sp³-hybridized carbons (Fsp3) is 0.444. The number of carbonyl (C=O) groups excluding carboxylic acids is 1. The lowest BCUT2D eigenvalue weighted by Gasteiger charge is -2.07. The van der Waals surface area contributed by atoms with Crippen LogP contribution in [0, 0.1) is 19.8 Å². The minimum absolute atomic E-state index is 0.106. The maximum atomic E-state index is 12.2. The molecule has 1 N–H and O–H groups in total. The Bertz CT molecular complexity index is 741. The van der Waals surface area contributed by atoms with Crippen LogP contribution in [0.25, 0.3) is 0 Å². The third kappa shape index (κ3) is 3.83. The van der Waals surface area contributed by atoms with Gasteiger partial charge in [-0.05, 0) is 66.2 Å². The summed E-state index contributed by atoms with van der Waals surface area (Å²) in [5.41, 5.74) is 3.33. The Hall–Kier alpha value is -1.33. The van der Waals surface area contributed by atoms with Crippen LogP contribution < -0.4 is 5.32 Å². The van der Waals surface area contributed by atoms with E-state index in [1.807, 2.05) is 42.8 Å². The van der Waals surface area contributed by atoms with E-state index in [1.54, 1.807) is 0 Å². The summed E-state index contributed by atoms with van der Waals surface area (Å²) in [5.74, 6) is 0.604. The number of rotatable bonds is 6. The molecular formula is C18H21BrClN3O. The van der Waals surface area contributed by atoms with Gasteiger partial charge in [-0.3, -0.25) is 9.48 Å². The van der Waals surface area contributed by atoms with Gasteiger partial charge in [-0.15, -0.1) is 0 Å². The van der Waals surface area contributed by atoms with E-state index < -0.39 is 0 Å². The first kappa shape index (κ1) is 17.5. The number of benzene rings is 1. The van der Waals surface area contributed by atoms with Crippen molar-refractivity contribution in [2.75, 3.05) is 6.54 Å². The molecule has 1 aromatic heterocycles. The molecule has 1 fully saturated rings. The van der Waals surface area contributed by atoms with Gasteiger partial charge in [0.2, 0.25) is 5.91 Å². The van der Waals surface area contributed by atoms with Crippen molar-refractivity contribution in [3.8, 4) is 0 Å². The number of aryl methyl sites for hydroxylation is 2. The maximum absolute atomic E-state index is 12.2. The summed E-state index contributed by atoms with van der Waals surface area (Å²) in [7, 11) is 0. The summed E-state index contributed by atoms with van der Waals surface area (Å²) in [6.45, 7) is 5.52. The third-order valence-electron chi connectivity index (χ3n) is 4.56. The number of amides is 1. The van der Waals surface area contributed by atoms with Gasteiger partial charge in [0.25, 0.3) is 0 Å². The predicted molar refractivity (Wildman–Crippen MR) is 99.3 cm³/mol. The van der Waals surface area contributed by atoms with E-state index in [1.165, 1.54) is 5.56 Å². The molecule has 0 spiro atoms. The van der Waals surface area contributed by atoms with Gasteiger partial charge in [0.1, 0.15) is 0 Å². The Kier molecular flexibility index (Phi) is 5.30. The van der Waals surface area contributed by atoms with Gasteiger partial charge in [0.15, 0.2) is 0 Å². The zero-order valence-electron chi connectivity index (χ0n) is 13.9. The smallest absolute Gasteiger partial charge is 0.223 e. The lowest BCUT2D eigenvalue weighted by Crippen LogP contribution is -2.27. The average Bonchev–Trinajstić information content (AvgIpc) is 3.32. The lowest BCUT2D eigenvalue weighted by atomic mass is 10.1. The van der Waals surface area contributed by atoms with Gasteiger partial charge in [0, 0.05) is 29.7 Å². The van der Waals surface area contributed by atoms with Crippen LogP contribution in [0.15, 0.2) is 28.7 Å². The second kappa shape index (κ2) is 7.28. The van der Waals surface area contributed by atoms with Crippen LogP contribution in [0.4, 0.5) is 0 Å². The van der Waals surface area contributed by atoms with E-state index in [2.05, 4.69) is 26.3 Å². The minimum atomic E-state index is 0.106. The molecule has 4 nitrogen and oxygen atoms in total. The van der Waals surface area contributed by atoms with Crippen molar-refractivity contribution in [2.24, 2.45) is 5.92 Å². The molecule has 2 unspecified atom stereocenters. The Balaban J connectivity index is 1.42. The highest BCUT2D eigenvalue weighted by Crippen LogP contribution is 2.47. The van der Waals surface area contributed by atoms with Crippen LogP contribution >= 0.6 is 27.5 Å². The first-order valence-electron chi connectivity index (χ1n) is 8.20. The summed E-state index contributed by atoms with van der Waals surface area (Å²) in [6, 6.07) is 7.80. The second-order valence-corrected chi connectivity index (χ2v) is 7.58. The summed E-state index contributed by atoms with van der Waals surface area (Å²) >= 11 is 9.44. The number of nitrogens with one attached hydrogen (secondary N) is 1. The summed E-state index contributed by atoms with van der Waals surface area (Å²) in [4.78, 5) is 12.2. The van der Waals surface area contributed by atoms with Crippen LogP contribution in [0.5, 0.6) is 0 Å². The van der Waals surface area contributed by atoms with Gasteiger partial charge in [-0.1, -0.05) is 23.7 Å². The highest BCUT2D eigenvalue weighted by molar-refractivity contribution is 9.10. The number of hydrogen-bond acceptors (Lipinski definition) is 2. The first-order chi connectivity index (χ1) is 11.5. The fourth-order valence-electron chi connectivity index (χ4n) is 3.03. The van der Waals surface area contributed by atoms with Gasteiger partial charge in [0.05, 0.1) is 10.2 Å². The minimum Gasteiger partial charge on any atom is -0.356 e. The summed E-state index contributed by atoms with van der Waals surface area (Å²) in [5, 5.41) is 8.26. The number of hydrogen-bond donors (Lipinski definition) is 1. The Morgan fingerprint density at radius 3 is 2.71 bits per heavy atom.